The molecule has 0 saturated carbocycles. The number of aromatic amines is 1. The van der Waals surface area contributed by atoms with Gasteiger partial charge in [-0.25, -0.2) is 0 Å². The summed E-state index contributed by atoms with van der Waals surface area (Å²) in [7, 11) is 1.46. The number of methoxy groups -OCH3 is 1. The van der Waals surface area contributed by atoms with Crippen molar-refractivity contribution in [3.8, 4) is 11.5 Å². The third-order valence-electron chi connectivity index (χ3n) is 9.21. The average Bonchev–Trinajstić information content (AvgIpc) is 3.57. The number of benzene rings is 1. The number of H-pyrrole nitrogens is 1. The number of fused-ring (bicyclic) bond motifs is 1. The number of ketones is 2. The van der Waals surface area contributed by atoms with E-state index < -0.39 is 29.0 Å². The zero-order valence-corrected chi connectivity index (χ0v) is 26.8. The molecule has 10 nitrogen and oxygen atoms in total. The molecule has 2 aliphatic rings. The number of aliphatic hydroxyl groups is 3. The number of Topliss-reactive ketones (excluding diaryl/α,β-unsaturated/α-hetero) is 2. The number of allylic oxidation sites excluding steroid dienone is 3. The molecule has 0 radical (unpaired) electrons. The van der Waals surface area contributed by atoms with Gasteiger partial charge in [-0.3, -0.25) is 9.59 Å². The molecule has 0 amide bonds. The van der Waals surface area contributed by atoms with Crippen LogP contribution in [0.15, 0.2) is 65.7 Å². The fourth-order valence-electron chi connectivity index (χ4n) is 6.64. The summed E-state index contributed by atoms with van der Waals surface area (Å²) in [6.45, 7) is 0.485. The van der Waals surface area contributed by atoms with Crippen LogP contribution in [0.2, 0.25) is 0 Å². The van der Waals surface area contributed by atoms with Crippen molar-refractivity contribution in [2.45, 2.75) is 82.7 Å². The fraction of sp³-hybridized carbons (Fsp3) is 0.500. The highest BCUT2D eigenvalue weighted by atomic mass is 16.5. The number of nitrogens with one attached hydrogen (secondary N) is 2. The largest absolute Gasteiger partial charge is 0.504 e. The predicted molar refractivity (Wildman–Crippen MR) is 176 cm³/mol. The summed E-state index contributed by atoms with van der Waals surface area (Å²) in [5, 5.41) is 45.0. The van der Waals surface area contributed by atoms with E-state index in [1.54, 1.807) is 6.07 Å². The van der Waals surface area contributed by atoms with E-state index in [0.29, 0.717) is 36.3 Å². The smallest absolute Gasteiger partial charge is 0.170 e. The van der Waals surface area contributed by atoms with Gasteiger partial charge in [0, 0.05) is 60.4 Å². The number of phenols is 1. The van der Waals surface area contributed by atoms with E-state index in [4.69, 9.17) is 15.6 Å². The molecule has 8 N–H and O–H groups in total. The van der Waals surface area contributed by atoms with Gasteiger partial charge in [0.05, 0.1) is 13.7 Å². The molecule has 46 heavy (non-hydrogen) atoms. The summed E-state index contributed by atoms with van der Waals surface area (Å²) < 4.78 is 5.56. The molecule has 250 valence electrons. The van der Waals surface area contributed by atoms with E-state index in [1.165, 1.54) is 7.11 Å². The molecule has 2 aromatic rings. The fourth-order valence-corrected chi connectivity index (χ4v) is 6.64. The van der Waals surface area contributed by atoms with Crippen LogP contribution in [0.4, 0.5) is 0 Å². The minimum Gasteiger partial charge on any atom is -0.504 e. The average molecular weight is 636 g/mol. The first kappa shape index (κ1) is 35.0. The third-order valence-corrected chi connectivity index (χ3v) is 9.21. The molecule has 1 aromatic heterocycles. The van der Waals surface area contributed by atoms with Crippen molar-refractivity contribution in [1.29, 1.82) is 0 Å². The van der Waals surface area contributed by atoms with Crippen LogP contribution in [-0.4, -0.2) is 69.9 Å². The Bertz CT molecular complexity index is 1430. The number of unbranched alkanes of at least 4 members (excludes halogenated alkanes) is 6. The SMILES string of the molecule is COc1cc(CCC(=O)C(O)C(=O)CCCCCCCCCO)cc(C2C3=CCNC(N)=C3C=CC2(CO)Cc2ccc[nH]2)c1O. The molecule has 1 aliphatic carbocycles. The number of carbonyl (C=O) groups is 2. The number of rotatable bonds is 19. The molecule has 2 heterocycles. The molecular formula is C36H49N3O7. The van der Waals surface area contributed by atoms with Gasteiger partial charge in [-0.2, -0.15) is 0 Å². The van der Waals surface area contributed by atoms with Crippen LogP contribution in [0, 0.1) is 5.41 Å². The number of dihydropyridines is 1. The molecule has 1 aliphatic heterocycles. The Morgan fingerprint density at radius 3 is 2.46 bits per heavy atom. The van der Waals surface area contributed by atoms with Crippen molar-refractivity contribution in [2.75, 3.05) is 26.9 Å². The highest BCUT2D eigenvalue weighted by Gasteiger charge is 2.45. The topological polar surface area (TPSA) is 178 Å². The van der Waals surface area contributed by atoms with Gasteiger partial charge in [0.15, 0.2) is 29.2 Å². The van der Waals surface area contributed by atoms with Gasteiger partial charge < -0.3 is 41.2 Å². The lowest BCUT2D eigenvalue weighted by Gasteiger charge is -2.43. The Hall–Kier alpha value is -3.86. The highest BCUT2D eigenvalue weighted by molar-refractivity contribution is 6.05. The summed E-state index contributed by atoms with van der Waals surface area (Å²) in [6, 6.07) is 7.33. The Labute approximate surface area is 271 Å². The number of aliphatic hydroxyl groups excluding tert-OH is 3. The maximum atomic E-state index is 12.9. The number of nitrogens with two attached hydrogens (primary N) is 1. The van der Waals surface area contributed by atoms with Gasteiger partial charge in [0.1, 0.15) is 5.82 Å². The van der Waals surface area contributed by atoms with Gasteiger partial charge in [-0.15, -0.1) is 0 Å². The van der Waals surface area contributed by atoms with Crippen LogP contribution < -0.4 is 15.8 Å². The third kappa shape index (κ3) is 8.29. The number of hydrogen-bond donors (Lipinski definition) is 7. The zero-order chi connectivity index (χ0) is 33.1. The Morgan fingerprint density at radius 1 is 1.07 bits per heavy atom. The first-order valence-electron chi connectivity index (χ1n) is 16.3. The maximum Gasteiger partial charge on any atom is 0.170 e. The quantitative estimate of drug-likeness (QED) is 0.0892. The van der Waals surface area contributed by atoms with E-state index >= 15 is 0 Å². The summed E-state index contributed by atoms with van der Waals surface area (Å²) >= 11 is 0. The van der Waals surface area contributed by atoms with Gasteiger partial charge in [0.2, 0.25) is 0 Å². The minimum atomic E-state index is -1.66. The van der Waals surface area contributed by atoms with Crippen LogP contribution in [0.3, 0.4) is 0 Å². The molecule has 0 bridgehead atoms. The molecule has 3 unspecified atom stereocenters. The van der Waals surface area contributed by atoms with Gasteiger partial charge in [-0.05, 0) is 55.0 Å². The second-order valence-corrected chi connectivity index (χ2v) is 12.4. The number of ether oxygens (including phenoxy) is 1. The summed E-state index contributed by atoms with van der Waals surface area (Å²) in [5.41, 5.74) is 9.30. The molecule has 0 saturated heterocycles. The van der Waals surface area contributed by atoms with E-state index in [1.807, 2.05) is 42.6 Å². The lowest BCUT2D eigenvalue weighted by atomic mass is 9.61. The zero-order valence-electron chi connectivity index (χ0n) is 26.8. The molecule has 4 rings (SSSR count). The van der Waals surface area contributed by atoms with Crippen LogP contribution in [0.1, 0.15) is 80.5 Å². The van der Waals surface area contributed by atoms with Crippen molar-refractivity contribution in [1.82, 2.24) is 10.3 Å². The lowest BCUT2D eigenvalue weighted by molar-refractivity contribution is -0.138. The van der Waals surface area contributed by atoms with E-state index in [2.05, 4.69) is 10.3 Å². The van der Waals surface area contributed by atoms with Crippen LogP contribution in [0.5, 0.6) is 11.5 Å². The molecule has 10 heteroatoms. The number of aromatic nitrogens is 1. The number of carbonyl (C=O) groups excluding carboxylic acids is 2. The summed E-state index contributed by atoms with van der Waals surface area (Å²) in [5.74, 6) is -0.845. The summed E-state index contributed by atoms with van der Waals surface area (Å²) in [4.78, 5) is 28.7. The van der Waals surface area contributed by atoms with Gasteiger partial charge in [-0.1, -0.05) is 56.4 Å². The molecule has 0 fully saturated rings. The van der Waals surface area contributed by atoms with E-state index in [-0.39, 0.29) is 44.0 Å². The number of hydrogen-bond acceptors (Lipinski definition) is 9. The number of phenolic OH excluding ortho intramolecular Hbond substituents is 1. The standard InChI is InChI=1S/C36H49N3O7/c1-46-31-21-24(12-13-30(43)34(45)29(42)11-7-5-3-2-4-6-8-19-40)20-28(33(31)44)32-26-15-18-39-35(37)27(26)14-16-36(32,23-41)22-25-10-9-17-38-25/h9-10,14-17,20-21,32,34,38-41,44-45H,2-8,11-13,18-19,22-23,37H2,1H3. The van der Waals surface area contributed by atoms with Crippen molar-refractivity contribution in [2.24, 2.45) is 11.1 Å². The first-order chi connectivity index (χ1) is 22.2. The monoisotopic (exact) mass is 635 g/mol. The first-order valence-corrected chi connectivity index (χ1v) is 16.3. The molecular weight excluding hydrogens is 586 g/mol. The van der Waals surface area contributed by atoms with Gasteiger partial charge >= 0.3 is 0 Å². The van der Waals surface area contributed by atoms with Crippen LogP contribution >= 0.6 is 0 Å². The van der Waals surface area contributed by atoms with Crippen molar-refractivity contribution in [3.05, 3.63) is 82.5 Å². The molecule has 3 atom stereocenters. The van der Waals surface area contributed by atoms with Crippen molar-refractivity contribution >= 4 is 11.6 Å². The second-order valence-electron chi connectivity index (χ2n) is 12.4. The second kappa shape index (κ2) is 16.6. The Balaban J connectivity index is 1.52. The van der Waals surface area contributed by atoms with E-state index in [9.17, 15) is 24.9 Å². The predicted octanol–water partition coefficient (Wildman–Crippen LogP) is 3.85. The normalized spacial score (nSPS) is 19.7. The van der Waals surface area contributed by atoms with Crippen LogP contribution in [0.25, 0.3) is 0 Å². The maximum absolute atomic E-state index is 12.9. The Morgan fingerprint density at radius 2 is 1.78 bits per heavy atom. The van der Waals surface area contributed by atoms with Crippen molar-refractivity contribution < 1.29 is 34.8 Å². The minimum absolute atomic E-state index is 0.0615. The highest BCUT2D eigenvalue weighted by Crippen LogP contribution is 2.54. The Kier molecular flexibility index (Phi) is 12.7. The van der Waals surface area contributed by atoms with Crippen LogP contribution in [-0.2, 0) is 22.4 Å². The van der Waals surface area contributed by atoms with E-state index in [0.717, 1.165) is 55.4 Å². The molecule has 0 spiro atoms. The number of aromatic hydroxyl groups is 1. The number of aryl methyl sites for hydroxylation is 1. The van der Waals surface area contributed by atoms with Gasteiger partial charge in [0.25, 0.3) is 0 Å². The molecule has 1 aromatic carbocycles. The lowest BCUT2D eigenvalue weighted by Crippen LogP contribution is -2.40. The summed E-state index contributed by atoms with van der Waals surface area (Å²) in [6.07, 6.45) is 13.2. The van der Waals surface area contributed by atoms with Crippen molar-refractivity contribution in [3.63, 3.8) is 0 Å².